The number of hydrogen-bond donors (Lipinski definition) is 5. The molecule has 4 aromatic rings. The number of guanidine groups is 1. The molecule has 0 spiro atoms. The van der Waals surface area contributed by atoms with Crippen LogP contribution in [0, 0.1) is 5.92 Å². The van der Waals surface area contributed by atoms with E-state index in [9.17, 15) is 18.0 Å². The summed E-state index contributed by atoms with van der Waals surface area (Å²) < 4.78 is 42.7. The number of alkyl halides is 3. The average Bonchev–Trinajstić information content (AvgIpc) is 3.43. The highest BCUT2D eigenvalue weighted by molar-refractivity contribution is 5.76. The van der Waals surface area contributed by atoms with Crippen LogP contribution in [0.25, 0.3) is 16.7 Å². The highest BCUT2D eigenvalue weighted by atomic mass is 19.4. The van der Waals surface area contributed by atoms with Gasteiger partial charge < -0.3 is 32.2 Å². The highest BCUT2D eigenvalue weighted by Crippen LogP contribution is 2.31. The summed E-state index contributed by atoms with van der Waals surface area (Å²) >= 11 is 0. The smallest absolute Gasteiger partial charge is 0.406 e. The fourth-order valence-electron chi connectivity index (χ4n) is 5.05. The number of H-pyrrole nitrogens is 1. The van der Waals surface area contributed by atoms with Crippen molar-refractivity contribution in [2.75, 3.05) is 19.6 Å². The second kappa shape index (κ2) is 17.0. The number of aryl methyl sites for hydroxylation is 1. The predicted octanol–water partition coefficient (Wildman–Crippen LogP) is 6.17. The molecule has 0 saturated carbocycles. The van der Waals surface area contributed by atoms with E-state index >= 15 is 0 Å². The average molecular weight is 699 g/mol. The van der Waals surface area contributed by atoms with Gasteiger partial charge in [-0.3, -0.25) is 9.56 Å². The molecule has 274 valence electrons. The molecule has 13 heteroatoms. The SMILES string of the molecule is CC(C)(C)c1cc(CCCCN)cc(OC(F)(F)F)c1.C[C@H](CN=C(N)N)CNCc1ccc(-n2cc3cc(C(C)(C)C)[nH]c3nc2=O)cc1. The summed E-state index contributed by atoms with van der Waals surface area (Å²) in [5, 5.41) is 4.32. The minimum Gasteiger partial charge on any atom is -0.406 e. The van der Waals surface area contributed by atoms with Crippen molar-refractivity contribution in [2.24, 2.45) is 28.1 Å². The number of nitrogens with zero attached hydrogens (tertiary/aromatic N) is 3. The first kappa shape index (κ1) is 40.1. The van der Waals surface area contributed by atoms with Gasteiger partial charge >= 0.3 is 12.1 Å². The van der Waals surface area contributed by atoms with Gasteiger partial charge in [-0.25, -0.2) is 4.79 Å². The van der Waals surface area contributed by atoms with E-state index in [-0.39, 0.29) is 28.2 Å². The first-order chi connectivity index (χ1) is 23.2. The van der Waals surface area contributed by atoms with Gasteiger partial charge in [0, 0.05) is 35.8 Å². The Labute approximate surface area is 292 Å². The fraction of sp³-hybridized carbons (Fsp3) is 0.486. The molecule has 2 aromatic carbocycles. The summed E-state index contributed by atoms with van der Waals surface area (Å²) in [6, 6.07) is 14.8. The normalized spacial score (nSPS) is 12.7. The van der Waals surface area contributed by atoms with Crippen LogP contribution in [0.15, 0.2) is 64.5 Å². The van der Waals surface area contributed by atoms with E-state index in [2.05, 4.69) is 58.8 Å². The van der Waals surface area contributed by atoms with Gasteiger partial charge in [0.2, 0.25) is 0 Å². The van der Waals surface area contributed by atoms with E-state index in [0.717, 1.165) is 59.4 Å². The van der Waals surface area contributed by atoms with Gasteiger partial charge in [-0.15, -0.1) is 13.2 Å². The van der Waals surface area contributed by atoms with E-state index in [0.29, 0.717) is 31.1 Å². The van der Waals surface area contributed by atoms with Gasteiger partial charge in [0.15, 0.2) is 5.96 Å². The van der Waals surface area contributed by atoms with Crippen molar-refractivity contribution in [3.05, 3.63) is 87.6 Å². The molecular weight excluding hydrogens is 645 g/mol. The third kappa shape index (κ3) is 12.8. The van der Waals surface area contributed by atoms with Crippen LogP contribution in [-0.2, 0) is 23.8 Å². The van der Waals surface area contributed by atoms with Crippen LogP contribution in [-0.4, -0.2) is 46.5 Å². The number of benzene rings is 2. The van der Waals surface area contributed by atoms with Gasteiger partial charge in [-0.05, 0) is 90.7 Å². The van der Waals surface area contributed by atoms with Crippen LogP contribution in [0.4, 0.5) is 13.2 Å². The molecule has 0 bridgehead atoms. The molecule has 0 aliphatic heterocycles. The monoisotopic (exact) mass is 698 g/mol. The zero-order chi connectivity index (χ0) is 37.3. The zero-order valence-electron chi connectivity index (χ0n) is 30.2. The Kier molecular flexibility index (Phi) is 13.7. The lowest BCUT2D eigenvalue weighted by Gasteiger charge is -2.21. The summed E-state index contributed by atoms with van der Waals surface area (Å²) in [6.07, 6.45) is -0.403. The first-order valence-electron chi connectivity index (χ1n) is 16.8. The van der Waals surface area contributed by atoms with Crippen LogP contribution in [0.1, 0.15) is 83.7 Å². The molecular formula is C37H53F3N8O2. The number of aromatic nitrogens is 3. The topological polar surface area (TPSA) is 162 Å². The largest absolute Gasteiger partial charge is 0.573 e. The summed E-state index contributed by atoms with van der Waals surface area (Å²) in [5.41, 5.74) is 20.9. The molecule has 50 heavy (non-hydrogen) atoms. The maximum atomic E-state index is 12.5. The number of fused-ring (bicyclic) bond motifs is 1. The Morgan fingerprint density at radius 3 is 2.24 bits per heavy atom. The molecule has 0 radical (unpaired) electrons. The zero-order valence-corrected chi connectivity index (χ0v) is 30.2. The molecule has 2 heterocycles. The molecule has 0 unspecified atom stereocenters. The van der Waals surface area contributed by atoms with Crippen molar-refractivity contribution in [1.82, 2.24) is 19.9 Å². The molecule has 0 saturated heterocycles. The molecule has 2 aromatic heterocycles. The van der Waals surface area contributed by atoms with Gasteiger partial charge in [-0.2, -0.15) is 4.98 Å². The number of aromatic amines is 1. The molecule has 10 nitrogen and oxygen atoms in total. The predicted molar refractivity (Wildman–Crippen MR) is 196 cm³/mol. The molecule has 0 fully saturated rings. The van der Waals surface area contributed by atoms with Crippen LogP contribution >= 0.6 is 0 Å². The number of nitrogens with one attached hydrogen (secondary N) is 2. The lowest BCUT2D eigenvalue weighted by Crippen LogP contribution is -2.26. The van der Waals surface area contributed by atoms with Crippen molar-refractivity contribution >= 4 is 17.0 Å². The number of aliphatic imine (C=N–C) groups is 1. The van der Waals surface area contributed by atoms with E-state index in [1.807, 2.05) is 57.3 Å². The molecule has 1 atom stereocenters. The van der Waals surface area contributed by atoms with Gasteiger partial charge in [0.25, 0.3) is 0 Å². The first-order valence-corrected chi connectivity index (χ1v) is 16.8. The highest BCUT2D eigenvalue weighted by Gasteiger charge is 2.31. The third-order valence-corrected chi connectivity index (χ3v) is 7.92. The number of halogens is 3. The minimum atomic E-state index is -4.66. The molecule has 8 N–H and O–H groups in total. The second-order valence-electron chi connectivity index (χ2n) is 14.7. The van der Waals surface area contributed by atoms with Gasteiger partial charge in [0.05, 0.1) is 5.69 Å². The number of unbranched alkanes of at least 4 members (excludes halogenated alkanes) is 1. The summed E-state index contributed by atoms with van der Waals surface area (Å²) in [5.74, 6) is 0.310. The maximum absolute atomic E-state index is 12.5. The standard InChI is InChI=1S/C22H31N7O.C15H22F3NO/c1-14(11-26-20(23)24)10-25-12-15-5-7-17(8-6-15)29-13-16-9-18(22(2,3)4)27-19(16)28-21(29)30;1-14(2,3)12-8-11(6-4-5-7-19)9-13(10-12)20-15(16,17)18/h5-9,13-14,25H,10-12H2,1-4H3,(H4,23,24,26)(H,27,28,30);8-10H,4-7,19H2,1-3H3/t14-;/m0./s1. The fourth-order valence-corrected chi connectivity index (χ4v) is 5.05. The van der Waals surface area contributed by atoms with Crippen molar-refractivity contribution in [3.8, 4) is 11.4 Å². The second-order valence-corrected chi connectivity index (χ2v) is 14.7. The van der Waals surface area contributed by atoms with Crippen molar-refractivity contribution < 1.29 is 17.9 Å². The Balaban J connectivity index is 0.000000295. The quantitative estimate of drug-likeness (QED) is 0.0671. The van der Waals surface area contributed by atoms with Crippen molar-refractivity contribution in [2.45, 2.75) is 91.5 Å². The summed E-state index contributed by atoms with van der Waals surface area (Å²) in [6.45, 7) is 17.1. The maximum Gasteiger partial charge on any atom is 0.573 e. The van der Waals surface area contributed by atoms with Crippen molar-refractivity contribution in [1.29, 1.82) is 0 Å². The lowest BCUT2D eigenvalue weighted by molar-refractivity contribution is -0.274. The molecule has 0 amide bonds. The van der Waals surface area contributed by atoms with Crippen LogP contribution in [0.2, 0.25) is 0 Å². The number of nitrogens with two attached hydrogens (primary N) is 3. The Hall–Kier alpha value is -4.36. The van der Waals surface area contributed by atoms with Crippen LogP contribution < -0.4 is 32.9 Å². The lowest BCUT2D eigenvalue weighted by atomic mass is 9.85. The van der Waals surface area contributed by atoms with Crippen LogP contribution in [0.5, 0.6) is 5.75 Å². The van der Waals surface area contributed by atoms with E-state index in [4.69, 9.17) is 17.2 Å². The molecule has 0 aliphatic carbocycles. The summed E-state index contributed by atoms with van der Waals surface area (Å²) in [7, 11) is 0. The minimum absolute atomic E-state index is 0.0377. The number of ether oxygens (including phenoxy) is 1. The Morgan fingerprint density at radius 1 is 0.980 bits per heavy atom. The third-order valence-electron chi connectivity index (χ3n) is 7.92. The Bertz CT molecular complexity index is 1760. The molecule has 0 aliphatic rings. The Morgan fingerprint density at radius 2 is 1.66 bits per heavy atom. The van der Waals surface area contributed by atoms with E-state index in [1.165, 1.54) is 12.1 Å². The number of rotatable bonds is 12. The van der Waals surface area contributed by atoms with E-state index < -0.39 is 6.36 Å². The summed E-state index contributed by atoms with van der Waals surface area (Å²) in [4.78, 5) is 24.0. The number of hydrogen-bond acceptors (Lipinski definition) is 6. The van der Waals surface area contributed by atoms with E-state index in [1.54, 1.807) is 4.57 Å². The van der Waals surface area contributed by atoms with Gasteiger partial charge in [0.1, 0.15) is 11.4 Å². The van der Waals surface area contributed by atoms with Crippen LogP contribution in [0.3, 0.4) is 0 Å². The molecule has 4 rings (SSSR count). The van der Waals surface area contributed by atoms with Gasteiger partial charge in [-0.1, -0.05) is 66.7 Å². The van der Waals surface area contributed by atoms with Crippen molar-refractivity contribution in [3.63, 3.8) is 0 Å².